The van der Waals surface area contributed by atoms with Crippen molar-refractivity contribution >= 4 is 45.9 Å². The van der Waals surface area contributed by atoms with Gasteiger partial charge in [0.05, 0.1) is 0 Å². The van der Waals surface area contributed by atoms with Gasteiger partial charge in [0.1, 0.15) is 5.58 Å². The first-order valence-electron chi connectivity index (χ1n) is 8.18. The van der Waals surface area contributed by atoms with Crippen LogP contribution in [-0.4, -0.2) is 25.0 Å². The molecule has 0 saturated carbocycles. The van der Waals surface area contributed by atoms with Gasteiger partial charge in [-0.3, -0.25) is 9.69 Å². The van der Waals surface area contributed by atoms with Crippen molar-refractivity contribution in [3.05, 3.63) is 58.8 Å². The molecule has 3 aromatic rings. The Morgan fingerprint density at radius 2 is 2.00 bits per heavy atom. The van der Waals surface area contributed by atoms with Crippen LogP contribution in [0.4, 0.5) is 16.2 Å². The van der Waals surface area contributed by atoms with Gasteiger partial charge in [-0.15, -0.1) is 0 Å². The molecule has 132 valence electrons. The van der Waals surface area contributed by atoms with E-state index in [4.69, 9.17) is 16.0 Å². The summed E-state index contributed by atoms with van der Waals surface area (Å²) in [6.45, 7) is 3.09. The predicted molar refractivity (Wildman–Crippen MR) is 101 cm³/mol. The van der Waals surface area contributed by atoms with Crippen molar-refractivity contribution < 1.29 is 14.0 Å². The minimum Gasteiger partial charge on any atom is -0.451 e. The van der Waals surface area contributed by atoms with E-state index in [1.165, 1.54) is 0 Å². The molecule has 0 bridgehead atoms. The number of carbonyl (C=O) groups excluding carboxylic acids is 2. The average molecular weight is 370 g/mol. The summed E-state index contributed by atoms with van der Waals surface area (Å²) in [5.74, 6) is -0.0771. The molecule has 0 unspecified atom stereocenters. The van der Waals surface area contributed by atoms with Gasteiger partial charge in [0, 0.05) is 40.4 Å². The number of furan rings is 1. The number of amides is 3. The lowest BCUT2D eigenvalue weighted by atomic mass is 10.1. The van der Waals surface area contributed by atoms with Crippen LogP contribution < -0.4 is 15.5 Å². The van der Waals surface area contributed by atoms with Gasteiger partial charge in [0.25, 0.3) is 5.91 Å². The van der Waals surface area contributed by atoms with E-state index >= 15 is 0 Å². The van der Waals surface area contributed by atoms with Crippen LogP contribution in [0.3, 0.4) is 0 Å². The zero-order valence-electron chi connectivity index (χ0n) is 14.0. The zero-order chi connectivity index (χ0) is 18.3. The second kappa shape index (κ2) is 6.38. The molecular weight excluding hydrogens is 354 g/mol. The Morgan fingerprint density at radius 3 is 2.69 bits per heavy atom. The summed E-state index contributed by atoms with van der Waals surface area (Å²) in [6.07, 6.45) is 0. The normalized spacial score (nSPS) is 13.9. The molecule has 0 spiro atoms. The molecule has 1 aromatic heterocycles. The van der Waals surface area contributed by atoms with Crippen LogP contribution in [-0.2, 0) is 0 Å². The lowest BCUT2D eigenvalue weighted by molar-refractivity contribution is 0.0998. The number of aryl methyl sites for hydroxylation is 1. The fraction of sp³-hybridized carbons (Fsp3) is 0.158. The predicted octanol–water partition coefficient (Wildman–Crippen LogP) is 4.18. The Labute approximate surface area is 154 Å². The molecule has 7 heteroatoms. The van der Waals surface area contributed by atoms with Gasteiger partial charge >= 0.3 is 6.03 Å². The maximum absolute atomic E-state index is 12.6. The standard InChI is InChI=1S/C19H16ClN3O3/c1-11-15-10-12(20)2-7-16(15)26-17(11)18(24)22-13-3-5-14(6-4-13)23-9-8-21-19(23)25/h2-7,10H,8-9H2,1H3,(H,21,25)(H,22,24). The summed E-state index contributed by atoms with van der Waals surface area (Å²) in [5.41, 5.74) is 2.77. The maximum atomic E-state index is 12.6. The fourth-order valence-corrected chi connectivity index (χ4v) is 3.21. The van der Waals surface area contributed by atoms with E-state index in [1.54, 1.807) is 47.4 Å². The van der Waals surface area contributed by atoms with Crippen LogP contribution in [0.5, 0.6) is 0 Å². The molecule has 6 nitrogen and oxygen atoms in total. The number of rotatable bonds is 3. The van der Waals surface area contributed by atoms with Crippen molar-refractivity contribution in [2.75, 3.05) is 23.3 Å². The highest BCUT2D eigenvalue weighted by atomic mass is 35.5. The summed E-state index contributed by atoms with van der Waals surface area (Å²) in [7, 11) is 0. The highest BCUT2D eigenvalue weighted by Gasteiger charge is 2.21. The van der Waals surface area contributed by atoms with Gasteiger partial charge in [-0.2, -0.15) is 0 Å². The Bertz CT molecular complexity index is 1010. The van der Waals surface area contributed by atoms with E-state index in [1.807, 2.05) is 6.92 Å². The molecule has 2 N–H and O–H groups in total. The molecular formula is C19H16ClN3O3. The largest absolute Gasteiger partial charge is 0.451 e. The van der Waals surface area contributed by atoms with Gasteiger partial charge in [-0.05, 0) is 49.4 Å². The number of nitrogens with one attached hydrogen (secondary N) is 2. The molecule has 0 aliphatic carbocycles. The molecule has 2 aromatic carbocycles. The number of benzene rings is 2. The summed E-state index contributed by atoms with van der Waals surface area (Å²) in [5, 5.41) is 6.98. The number of hydrogen-bond donors (Lipinski definition) is 2. The first kappa shape index (κ1) is 16.5. The summed E-state index contributed by atoms with van der Waals surface area (Å²) < 4.78 is 5.68. The number of halogens is 1. The second-order valence-electron chi connectivity index (χ2n) is 6.08. The van der Waals surface area contributed by atoms with Crippen molar-refractivity contribution in [3.8, 4) is 0 Å². The van der Waals surface area contributed by atoms with Crippen molar-refractivity contribution in [1.82, 2.24) is 5.32 Å². The third-order valence-electron chi connectivity index (χ3n) is 4.40. The average Bonchev–Trinajstić information content (AvgIpc) is 3.19. The van der Waals surface area contributed by atoms with Gasteiger partial charge in [0.2, 0.25) is 0 Å². The fourth-order valence-electron chi connectivity index (χ4n) is 3.04. The van der Waals surface area contributed by atoms with Crippen LogP contribution in [0.1, 0.15) is 16.1 Å². The van der Waals surface area contributed by atoms with E-state index in [-0.39, 0.29) is 17.7 Å². The molecule has 3 amide bonds. The molecule has 1 saturated heterocycles. The van der Waals surface area contributed by atoms with E-state index in [9.17, 15) is 9.59 Å². The smallest absolute Gasteiger partial charge is 0.321 e. The molecule has 0 radical (unpaired) electrons. The quantitative estimate of drug-likeness (QED) is 0.727. The summed E-state index contributed by atoms with van der Waals surface area (Å²) >= 11 is 6.01. The number of anilines is 2. The zero-order valence-corrected chi connectivity index (χ0v) is 14.8. The number of fused-ring (bicyclic) bond motifs is 1. The molecule has 1 aliphatic heterocycles. The maximum Gasteiger partial charge on any atom is 0.321 e. The van der Waals surface area contributed by atoms with E-state index in [2.05, 4.69) is 10.6 Å². The minimum absolute atomic E-state index is 0.113. The molecule has 2 heterocycles. The van der Waals surface area contributed by atoms with E-state index in [0.717, 1.165) is 16.6 Å². The SMILES string of the molecule is Cc1c(C(=O)Nc2ccc(N3CCNC3=O)cc2)oc2ccc(Cl)cc12. The van der Waals surface area contributed by atoms with Gasteiger partial charge in [-0.25, -0.2) is 4.79 Å². The van der Waals surface area contributed by atoms with Crippen LogP contribution >= 0.6 is 11.6 Å². The minimum atomic E-state index is -0.332. The third kappa shape index (κ3) is 2.88. The Balaban J connectivity index is 1.55. The van der Waals surface area contributed by atoms with E-state index < -0.39 is 0 Å². The summed E-state index contributed by atoms with van der Waals surface area (Å²) in [4.78, 5) is 25.9. The van der Waals surface area contributed by atoms with E-state index in [0.29, 0.717) is 29.4 Å². The third-order valence-corrected chi connectivity index (χ3v) is 4.63. The topological polar surface area (TPSA) is 74.6 Å². The molecule has 1 aliphatic rings. The molecule has 26 heavy (non-hydrogen) atoms. The van der Waals surface area contributed by atoms with Crippen LogP contribution in [0, 0.1) is 6.92 Å². The lowest BCUT2D eigenvalue weighted by Gasteiger charge is -2.14. The Hall–Kier alpha value is -2.99. The van der Waals surface area contributed by atoms with Crippen LogP contribution in [0.15, 0.2) is 46.9 Å². The van der Waals surface area contributed by atoms with Crippen LogP contribution in [0.2, 0.25) is 5.02 Å². The first-order chi connectivity index (χ1) is 12.5. The van der Waals surface area contributed by atoms with Gasteiger partial charge < -0.3 is 15.1 Å². The number of urea groups is 1. The molecule has 0 atom stereocenters. The molecule has 4 rings (SSSR count). The Morgan fingerprint density at radius 1 is 1.23 bits per heavy atom. The monoisotopic (exact) mass is 369 g/mol. The number of nitrogens with zero attached hydrogens (tertiary/aromatic N) is 1. The first-order valence-corrected chi connectivity index (χ1v) is 8.56. The second-order valence-corrected chi connectivity index (χ2v) is 6.52. The summed E-state index contributed by atoms with van der Waals surface area (Å²) in [6, 6.07) is 12.2. The van der Waals surface area contributed by atoms with Crippen molar-refractivity contribution in [1.29, 1.82) is 0 Å². The van der Waals surface area contributed by atoms with Crippen molar-refractivity contribution in [3.63, 3.8) is 0 Å². The van der Waals surface area contributed by atoms with Crippen molar-refractivity contribution in [2.45, 2.75) is 6.92 Å². The molecule has 1 fully saturated rings. The Kier molecular flexibility index (Phi) is 4.05. The highest BCUT2D eigenvalue weighted by molar-refractivity contribution is 6.31. The van der Waals surface area contributed by atoms with Gasteiger partial charge in [0.15, 0.2) is 5.76 Å². The highest BCUT2D eigenvalue weighted by Crippen LogP contribution is 2.28. The van der Waals surface area contributed by atoms with Crippen molar-refractivity contribution in [2.24, 2.45) is 0 Å². The lowest BCUT2D eigenvalue weighted by Crippen LogP contribution is -2.27. The number of carbonyl (C=O) groups is 2. The number of hydrogen-bond acceptors (Lipinski definition) is 3. The van der Waals surface area contributed by atoms with Gasteiger partial charge in [-0.1, -0.05) is 11.6 Å². The van der Waals surface area contributed by atoms with Crippen LogP contribution in [0.25, 0.3) is 11.0 Å².